The lowest BCUT2D eigenvalue weighted by Crippen LogP contribution is -2.42. The predicted molar refractivity (Wildman–Crippen MR) is 126 cm³/mol. The molecule has 170 valence electrons. The molecule has 1 atom stereocenters. The van der Waals surface area contributed by atoms with E-state index in [4.69, 9.17) is 4.74 Å². The van der Waals surface area contributed by atoms with Gasteiger partial charge in [0.15, 0.2) is 5.78 Å². The van der Waals surface area contributed by atoms with E-state index in [2.05, 4.69) is 5.32 Å². The molecule has 0 saturated carbocycles. The summed E-state index contributed by atoms with van der Waals surface area (Å²) in [6, 6.07) is 7.70. The first-order valence-electron chi connectivity index (χ1n) is 10.1. The molecule has 1 aliphatic carbocycles. The van der Waals surface area contributed by atoms with Gasteiger partial charge in [0.25, 0.3) is 11.5 Å². The summed E-state index contributed by atoms with van der Waals surface area (Å²) in [4.78, 5) is 51.3. The van der Waals surface area contributed by atoms with Gasteiger partial charge < -0.3 is 10.1 Å². The van der Waals surface area contributed by atoms with Crippen molar-refractivity contribution in [2.75, 3.05) is 12.9 Å². The van der Waals surface area contributed by atoms with Gasteiger partial charge in [-0.1, -0.05) is 25.6 Å². The number of hydrogen-bond acceptors (Lipinski definition) is 6. The van der Waals surface area contributed by atoms with Crippen LogP contribution in [0.5, 0.6) is 5.75 Å². The van der Waals surface area contributed by atoms with Crippen LogP contribution in [0.1, 0.15) is 53.1 Å². The predicted octanol–water partition coefficient (Wildman–Crippen LogP) is 3.18. The van der Waals surface area contributed by atoms with Crippen molar-refractivity contribution in [2.24, 2.45) is 5.41 Å². The van der Waals surface area contributed by atoms with Crippen LogP contribution >= 0.6 is 24.2 Å². The maximum atomic E-state index is 13.5. The third-order valence-electron chi connectivity index (χ3n) is 5.70. The van der Waals surface area contributed by atoms with Crippen molar-refractivity contribution in [3.05, 3.63) is 57.5 Å². The first-order valence-corrected chi connectivity index (χ1v) is 11.1. The molecule has 1 aromatic heterocycles. The van der Waals surface area contributed by atoms with Gasteiger partial charge in [0, 0.05) is 29.1 Å². The van der Waals surface area contributed by atoms with E-state index >= 15 is 0 Å². The number of aromatic nitrogens is 1. The minimum atomic E-state index is -0.631. The molecule has 1 aliphatic heterocycles. The number of pyridine rings is 1. The van der Waals surface area contributed by atoms with Crippen LogP contribution in [-0.4, -0.2) is 40.3 Å². The average molecular weight is 477 g/mol. The Hall–Kier alpha value is -2.58. The SMILES string of the molecule is COc1ccc(-n2c3c(cc(C(=O)NC4CCSC4=O)c2=O)C(=O)CC(C)(C)C3)cc1.Cl. The monoisotopic (exact) mass is 476 g/mol. The number of amides is 1. The second-order valence-corrected chi connectivity index (χ2v) is 9.78. The molecule has 0 radical (unpaired) electrons. The zero-order valence-electron chi connectivity index (χ0n) is 18.1. The molecule has 1 fully saturated rings. The molecule has 2 aliphatic rings. The van der Waals surface area contributed by atoms with E-state index in [0.29, 0.717) is 47.7 Å². The highest BCUT2D eigenvalue weighted by atomic mass is 35.5. The third kappa shape index (κ3) is 4.47. The summed E-state index contributed by atoms with van der Waals surface area (Å²) in [7, 11) is 1.55. The maximum absolute atomic E-state index is 13.5. The summed E-state index contributed by atoms with van der Waals surface area (Å²) in [6.45, 7) is 3.97. The number of carbonyl (C=O) groups is 3. The number of ether oxygens (including phenoxy) is 1. The summed E-state index contributed by atoms with van der Waals surface area (Å²) in [5.74, 6) is 0.536. The fraction of sp³-hybridized carbons (Fsp3) is 0.391. The van der Waals surface area contributed by atoms with Crippen LogP contribution < -0.4 is 15.6 Å². The molecule has 1 amide bonds. The quantitative estimate of drug-likeness (QED) is 0.728. The van der Waals surface area contributed by atoms with E-state index in [1.165, 1.54) is 22.4 Å². The Kier molecular flexibility index (Phi) is 6.86. The van der Waals surface area contributed by atoms with E-state index in [0.717, 1.165) is 0 Å². The molecule has 1 saturated heterocycles. The Morgan fingerprint density at radius 3 is 2.44 bits per heavy atom. The number of nitrogens with one attached hydrogen (secondary N) is 1. The summed E-state index contributed by atoms with van der Waals surface area (Å²) in [6.07, 6.45) is 1.38. The molecule has 0 spiro atoms. The lowest BCUT2D eigenvalue weighted by molar-refractivity contribution is -0.112. The lowest BCUT2D eigenvalue weighted by atomic mass is 9.75. The summed E-state index contributed by atoms with van der Waals surface area (Å²) in [5.41, 5.74) is 0.585. The summed E-state index contributed by atoms with van der Waals surface area (Å²) in [5, 5.41) is 2.56. The van der Waals surface area contributed by atoms with E-state index in [-0.39, 0.29) is 34.3 Å². The van der Waals surface area contributed by atoms with Gasteiger partial charge in [0.2, 0.25) is 5.12 Å². The molecular weight excluding hydrogens is 452 g/mol. The maximum Gasteiger partial charge on any atom is 0.268 e. The van der Waals surface area contributed by atoms with E-state index in [1.807, 2.05) is 13.8 Å². The van der Waals surface area contributed by atoms with Crippen LogP contribution in [0, 0.1) is 5.41 Å². The number of fused-ring (bicyclic) bond motifs is 1. The largest absolute Gasteiger partial charge is 0.497 e. The lowest BCUT2D eigenvalue weighted by Gasteiger charge is -2.32. The smallest absolute Gasteiger partial charge is 0.268 e. The highest BCUT2D eigenvalue weighted by molar-refractivity contribution is 8.14. The molecule has 2 heterocycles. The number of methoxy groups -OCH3 is 1. The van der Waals surface area contributed by atoms with Gasteiger partial charge in [0.05, 0.1) is 13.2 Å². The van der Waals surface area contributed by atoms with Crippen LogP contribution in [0.4, 0.5) is 0 Å². The Labute approximate surface area is 196 Å². The fourth-order valence-corrected chi connectivity index (χ4v) is 5.08. The van der Waals surface area contributed by atoms with Crippen molar-refractivity contribution < 1.29 is 19.1 Å². The van der Waals surface area contributed by atoms with E-state index in [9.17, 15) is 19.2 Å². The van der Waals surface area contributed by atoms with E-state index in [1.54, 1.807) is 31.4 Å². The highest BCUT2D eigenvalue weighted by Crippen LogP contribution is 2.35. The molecule has 0 bridgehead atoms. The molecular formula is C23H25ClN2O5S. The van der Waals surface area contributed by atoms with Crippen molar-refractivity contribution in [3.8, 4) is 11.4 Å². The molecule has 7 nitrogen and oxygen atoms in total. The van der Waals surface area contributed by atoms with Crippen molar-refractivity contribution in [1.29, 1.82) is 0 Å². The minimum absolute atomic E-state index is 0. The zero-order valence-corrected chi connectivity index (χ0v) is 19.7. The number of benzene rings is 1. The van der Waals surface area contributed by atoms with Gasteiger partial charge in [-0.3, -0.25) is 23.7 Å². The Morgan fingerprint density at radius 1 is 1.16 bits per heavy atom. The number of ketones is 1. The van der Waals surface area contributed by atoms with Crippen LogP contribution in [0.15, 0.2) is 35.1 Å². The second kappa shape index (κ2) is 9.11. The number of rotatable bonds is 4. The highest BCUT2D eigenvalue weighted by Gasteiger charge is 2.36. The van der Waals surface area contributed by atoms with Crippen molar-refractivity contribution in [2.45, 2.75) is 39.2 Å². The van der Waals surface area contributed by atoms with Crippen molar-refractivity contribution in [1.82, 2.24) is 9.88 Å². The van der Waals surface area contributed by atoms with Gasteiger partial charge in [-0.2, -0.15) is 0 Å². The molecule has 1 unspecified atom stereocenters. The number of hydrogen-bond donors (Lipinski definition) is 1. The van der Waals surface area contributed by atoms with Crippen molar-refractivity contribution >= 4 is 41.0 Å². The first kappa shape index (κ1) is 24.1. The summed E-state index contributed by atoms with van der Waals surface area (Å²) >= 11 is 1.17. The van der Waals surface area contributed by atoms with Crippen LogP contribution in [0.3, 0.4) is 0 Å². The van der Waals surface area contributed by atoms with Gasteiger partial charge in [-0.25, -0.2) is 0 Å². The minimum Gasteiger partial charge on any atom is -0.497 e. The molecule has 32 heavy (non-hydrogen) atoms. The van der Waals surface area contributed by atoms with Crippen LogP contribution in [-0.2, 0) is 11.2 Å². The molecule has 1 aromatic carbocycles. The molecule has 9 heteroatoms. The average Bonchev–Trinajstić information content (AvgIpc) is 3.11. The number of nitrogens with zero attached hydrogens (tertiary/aromatic N) is 1. The Morgan fingerprint density at radius 2 is 1.84 bits per heavy atom. The first-order chi connectivity index (χ1) is 14.7. The topological polar surface area (TPSA) is 94.5 Å². The molecule has 1 N–H and O–H groups in total. The van der Waals surface area contributed by atoms with Gasteiger partial charge in [0.1, 0.15) is 11.3 Å². The number of thioether (sulfide) groups is 1. The van der Waals surface area contributed by atoms with Crippen LogP contribution in [0.2, 0.25) is 0 Å². The standard InChI is InChI=1S/C23H24N2O5S.ClH/c1-23(2)11-18-15(19(26)12-23)10-16(20(27)24-17-8-9-31-22(17)29)21(28)25(18)13-4-6-14(30-3)7-5-13;/h4-7,10,17H,8-9,11-12H2,1-3H3,(H,24,27);1H. The molecule has 4 rings (SSSR count). The van der Waals surface area contributed by atoms with Gasteiger partial charge in [-0.15, -0.1) is 12.4 Å². The fourth-order valence-electron chi connectivity index (χ4n) is 4.14. The Bertz CT molecular complexity index is 1140. The normalized spacial score (nSPS) is 19.2. The summed E-state index contributed by atoms with van der Waals surface area (Å²) < 4.78 is 6.66. The van der Waals surface area contributed by atoms with E-state index < -0.39 is 17.5 Å². The number of halogens is 1. The second-order valence-electron chi connectivity index (χ2n) is 8.68. The number of Topliss-reactive ketones (excluding diaryl/α,β-unsaturated/α-hetero) is 1. The number of carbonyl (C=O) groups excluding carboxylic acids is 3. The van der Waals surface area contributed by atoms with Crippen molar-refractivity contribution in [3.63, 3.8) is 0 Å². The Balaban J connectivity index is 0.00000289. The van der Waals surface area contributed by atoms with Gasteiger partial charge in [-0.05, 0) is 48.6 Å². The zero-order chi connectivity index (χ0) is 22.3. The molecule has 2 aromatic rings. The third-order valence-corrected chi connectivity index (χ3v) is 6.71. The van der Waals surface area contributed by atoms with Gasteiger partial charge >= 0.3 is 0 Å². The van der Waals surface area contributed by atoms with Crippen LogP contribution in [0.25, 0.3) is 5.69 Å².